The van der Waals surface area contributed by atoms with Crippen LogP contribution in [0.4, 0.5) is 0 Å². The molecule has 1 aromatic heterocycles. The van der Waals surface area contributed by atoms with Crippen molar-refractivity contribution >= 4 is 16.9 Å². The van der Waals surface area contributed by atoms with Crippen molar-refractivity contribution in [3.63, 3.8) is 0 Å². The van der Waals surface area contributed by atoms with E-state index >= 15 is 0 Å². The summed E-state index contributed by atoms with van der Waals surface area (Å²) in [6.07, 6.45) is 0. The van der Waals surface area contributed by atoms with E-state index in [0.29, 0.717) is 17.4 Å². The average molecular weight is 273 g/mol. The highest BCUT2D eigenvalue weighted by Gasteiger charge is 2.20. The lowest BCUT2D eigenvalue weighted by Crippen LogP contribution is -2.01. The average Bonchev–Trinajstić information content (AvgIpc) is 2.60. The van der Waals surface area contributed by atoms with Gasteiger partial charge in [-0.2, -0.15) is 0 Å². The number of carboxylic acids is 1. The molecule has 0 amide bonds. The molecule has 0 spiro atoms. The Morgan fingerprint density at radius 3 is 2.20 bits per heavy atom. The van der Waals surface area contributed by atoms with Crippen molar-refractivity contribution in [3.05, 3.63) is 34.5 Å². The smallest absolute Gasteiger partial charge is 0.335 e. The number of carboxylic acid groups (broad SMARTS) is 1. The molecule has 0 radical (unpaired) electrons. The molecule has 0 aliphatic heterocycles. The number of fused-ring (bicyclic) bond motifs is 1. The summed E-state index contributed by atoms with van der Waals surface area (Å²) in [7, 11) is 2.07. The van der Waals surface area contributed by atoms with Crippen LogP contribution in [-0.2, 0) is 7.05 Å². The predicted molar refractivity (Wildman–Crippen MR) is 82.8 cm³/mol. The Morgan fingerprint density at radius 1 is 1.15 bits per heavy atom. The lowest BCUT2D eigenvalue weighted by molar-refractivity contribution is 0.0697. The Labute approximate surface area is 120 Å². The van der Waals surface area contributed by atoms with Crippen molar-refractivity contribution in [3.8, 4) is 0 Å². The van der Waals surface area contributed by atoms with Crippen molar-refractivity contribution in [1.82, 2.24) is 4.57 Å². The summed E-state index contributed by atoms with van der Waals surface area (Å²) in [6, 6.07) is 3.64. The molecule has 0 unspecified atom stereocenters. The van der Waals surface area contributed by atoms with E-state index in [1.807, 2.05) is 12.1 Å². The standard InChI is InChI=1S/C17H23NO2/c1-9(2)13-7-12(17(19)20)8-14-15(10(3)4)11(5)18(6)16(13)14/h7-10H,1-6H3,(H,19,20). The number of aromatic carboxylic acids is 1. The number of rotatable bonds is 3. The van der Waals surface area contributed by atoms with Crippen LogP contribution in [0.15, 0.2) is 12.1 Å². The first-order chi connectivity index (χ1) is 9.25. The van der Waals surface area contributed by atoms with Crippen molar-refractivity contribution in [1.29, 1.82) is 0 Å². The van der Waals surface area contributed by atoms with Gasteiger partial charge in [-0.3, -0.25) is 0 Å². The van der Waals surface area contributed by atoms with E-state index in [1.54, 1.807) is 0 Å². The van der Waals surface area contributed by atoms with Crippen molar-refractivity contribution in [2.24, 2.45) is 7.05 Å². The van der Waals surface area contributed by atoms with Gasteiger partial charge >= 0.3 is 5.97 Å². The predicted octanol–water partition coefficient (Wildman–Crippen LogP) is 4.43. The summed E-state index contributed by atoms with van der Waals surface area (Å²) in [4.78, 5) is 11.4. The largest absolute Gasteiger partial charge is 0.478 e. The molecule has 1 aromatic carbocycles. The second-order valence-corrected chi connectivity index (χ2v) is 6.13. The number of carbonyl (C=O) groups is 1. The second kappa shape index (κ2) is 4.97. The van der Waals surface area contributed by atoms with Gasteiger partial charge in [0.1, 0.15) is 0 Å². The number of aryl methyl sites for hydroxylation is 1. The van der Waals surface area contributed by atoms with E-state index in [4.69, 9.17) is 0 Å². The molecule has 0 saturated carbocycles. The molecule has 3 nitrogen and oxygen atoms in total. The maximum atomic E-state index is 11.4. The molecular weight excluding hydrogens is 250 g/mol. The second-order valence-electron chi connectivity index (χ2n) is 6.13. The fourth-order valence-corrected chi connectivity index (χ4v) is 3.07. The third-order valence-electron chi connectivity index (χ3n) is 4.10. The summed E-state index contributed by atoms with van der Waals surface area (Å²) < 4.78 is 2.20. The van der Waals surface area contributed by atoms with Gasteiger partial charge in [-0.1, -0.05) is 27.7 Å². The van der Waals surface area contributed by atoms with Gasteiger partial charge in [-0.25, -0.2) is 4.79 Å². The van der Waals surface area contributed by atoms with Crippen LogP contribution in [0.2, 0.25) is 0 Å². The van der Waals surface area contributed by atoms with Crippen LogP contribution in [0.5, 0.6) is 0 Å². The van der Waals surface area contributed by atoms with Gasteiger partial charge in [0, 0.05) is 18.1 Å². The Balaban J connectivity index is 2.97. The molecule has 0 bridgehead atoms. The molecule has 0 fully saturated rings. The van der Waals surface area contributed by atoms with E-state index in [1.165, 1.54) is 16.8 Å². The van der Waals surface area contributed by atoms with Crippen LogP contribution in [0, 0.1) is 6.92 Å². The number of hydrogen-bond acceptors (Lipinski definition) is 1. The first kappa shape index (κ1) is 14.6. The highest BCUT2D eigenvalue weighted by atomic mass is 16.4. The highest BCUT2D eigenvalue weighted by molar-refractivity contribution is 5.97. The molecule has 1 heterocycles. The van der Waals surface area contributed by atoms with E-state index in [9.17, 15) is 9.90 Å². The maximum Gasteiger partial charge on any atom is 0.335 e. The summed E-state index contributed by atoms with van der Waals surface area (Å²) in [5.74, 6) is -0.183. The van der Waals surface area contributed by atoms with Crippen molar-refractivity contribution in [2.45, 2.75) is 46.5 Å². The summed E-state index contributed by atoms with van der Waals surface area (Å²) in [5, 5.41) is 10.4. The number of benzene rings is 1. The van der Waals surface area contributed by atoms with Crippen LogP contribution in [0.25, 0.3) is 10.9 Å². The molecule has 0 saturated heterocycles. The van der Waals surface area contributed by atoms with Crippen LogP contribution in [0.1, 0.15) is 66.7 Å². The zero-order valence-electron chi connectivity index (χ0n) is 13.1. The van der Waals surface area contributed by atoms with Gasteiger partial charge < -0.3 is 9.67 Å². The molecule has 1 N–H and O–H groups in total. The SMILES string of the molecule is Cc1c(C(C)C)c2cc(C(=O)O)cc(C(C)C)c2n1C. The van der Waals surface area contributed by atoms with Crippen LogP contribution >= 0.6 is 0 Å². The minimum absolute atomic E-state index is 0.296. The van der Waals surface area contributed by atoms with Gasteiger partial charge in [0.15, 0.2) is 0 Å². The first-order valence-electron chi connectivity index (χ1n) is 7.11. The molecule has 3 heteroatoms. The van der Waals surface area contributed by atoms with Crippen LogP contribution in [0.3, 0.4) is 0 Å². The molecule has 2 rings (SSSR count). The Bertz CT molecular complexity index is 678. The minimum Gasteiger partial charge on any atom is -0.478 e. The highest BCUT2D eigenvalue weighted by Crippen LogP contribution is 2.36. The molecular formula is C17H23NO2. The number of aromatic nitrogens is 1. The van der Waals surface area contributed by atoms with Crippen LogP contribution in [-0.4, -0.2) is 15.6 Å². The van der Waals surface area contributed by atoms with E-state index < -0.39 is 5.97 Å². The van der Waals surface area contributed by atoms with Gasteiger partial charge in [0.2, 0.25) is 0 Å². The zero-order valence-corrected chi connectivity index (χ0v) is 13.1. The molecule has 0 atom stereocenters. The quantitative estimate of drug-likeness (QED) is 0.898. The Morgan fingerprint density at radius 2 is 1.75 bits per heavy atom. The topological polar surface area (TPSA) is 42.2 Å². The third kappa shape index (κ3) is 2.11. The van der Waals surface area contributed by atoms with E-state index in [-0.39, 0.29) is 0 Å². The van der Waals surface area contributed by atoms with Gasteiger partial charge in [0.25, 0.3) is 0 Å². The molecule has 20 heavy (non-hydrogen) atoms. The fraction of sp³-hybridized carbons (Fsp3) is 0.471. The lowest BCUT2D eigenvalue weighted by Gasteiger charge is -2.12. The fourth-order valence-electron chi connectivity index (χ4n) is 3.07. The number of hydrogen-bond donors (Lipinski definition) is 1. The lowest BCUT2D eigenvalue weighted by atomic mass is 9.93. The first-order valence-corrected chi connectivity index (χ1v) is 7.11. The normalized spacial score (nSPS) is 11.8. The maximum absolute atomic E-state index is 11.4. The molecule has 0 aliphatic rings. The van der Waals surface area contributed by atoms with E-state index in [0.717, 1.165) is 10.9 Å². The van der Waals surface area contributed by atoms with Gasteiger partial charge in [-0.15, -0.1) is 0 Å². The Hall–Kier alpha value is -1.77. The summed E-state index contributed by atoms with van der Waals surface area (Å²) in [6.45, 7) is 10.6. The van der Waals surface area contributed by atoms with Gasteiger partial charge in [0.05, 0.1) is 11.1 Å². The summed E-state index contributed by atoms with van der Waals surface area (Å²) in [5.41, 5.74) is 5.14. The molecule has 2 aromatic rings. The van der Waals surface area contributed by atoms with Crippen molar-refractivity contribution in [2.75, 3.05) is 0 Å². The zero-order chi connectivity index (χ0) is 15.2. The minimum atomic E-state index is -0.856. The molecule has 0 aliphatic carbocycles. The molecule has 108 valence electrons. The Kier molecular flexibility index (Phi) is 3.63. The number of nitrogens with zero attached hydrogens (tertiary/aromatic N) is 1. The van der Waals surface area contributed by atoms with E-state index in [2.05, 4.69) is 46.2 Å². The van der Waals surface area contributed by atoms with Crippen LogP contribution < -0.4 is 0 Å². The van der Waals surface area contributed by atoms with Crippen molar-refractivity contribution < 1.29 is 9.90 Å². The summed E-state index contributed by atoms with van der Waals surface area (Å²) >= 11 is 0. The third-order valence-corrected chi connectivity index (χ3v) is 4.10. The van der Waals surface area contributed by atoms with Gasteiger partial charge in [-0.05, 0) is 42.0 Å². The monoisotopic (exact) mass is 273 g/mol.